The van der Waals surface area contributed by atoms with Gasteiger partial charge in [-0.2, -0.15) is 0 Å². The van der Waals surface area contributed by atoms with E-state index in [-0.39, 0.29) is 6.61 Å². The fraction of sp³-hybridized carbons (Fsp3) is 0.333. The number of aryl methyl sites for hydroxylation is 1. The number of aliphatic hydroxyl groups excluding tert-OH is 1. The average molecular weight is 286 g/mol. The van der Waals surface area contributed by atoms with E-state index in [9.17, 15) is 5.11 Å². The molecule has 1 N–H and O–H groups in total. The Hall–Kier alpha value is -2.00. The molecule has 2 aromatic carbocycles. The molecular weight excluding hydrogens is 264 g/mol. The van der Waals surface area contributed by atoms with Crippen LogP contribution < -0.4 is 9.47 Å². The number of para-hydroxylation sites is 1. The van der Waals surface area contributed by atoms with Crippen molar-refractivity contribution < 1.29 is 14.6 Å². The van der Waals surface area contributed by atoms with Crippen molar-refractivity contribution >= 4 is 0 Å². The molecule has 0 aliphatic rings. The minimum absolute atomic E-state index is 0.0467. The standard InChI is InChI=1S/C18H22O3/c1-2-20-17-12-6-11-16(14-19)18(17)21-13-7-10-15-8-4-3-5-9-15/h3-6,8-9,11-12,19H,2,7,10,13-14H2,1H3. The van der Waals surface area contributed by atoms with Crippen molar-refractivity contribution in [2.75, 3.05) is 13.2 Å². The van der Waals surface area contributed by atoms with E-state index in [4.69, 9.17) is 9.47 Å². The van der Waals surface area contributed by atoms with E-state index >= 15 is 0 Å². The summed E-state index contributed by atoms with van der Waals surface area (Å²) in [5.41, 5.74) is 2.07. The highest BCUT2D eigenvalue weighted by Crippen LogP contribution is 2.31. The molecule has 2 rings (SSSR count). The van der Waals surface area contributed by atoms with Crippen molar-refractivity contribution in [3.05, 3.63) is 59.7 Å². The van der Waals surface area contributed by atoms with Crippen LogP contribution in [0.25, 0.3) is 0 Å². The van der Waals surface area contributed by atoms with Gasteiger partial charge >= 0.3 is 0 Å². The Bertz CT molecular complexity index is 537. The number of rotatable bonds is 8. The SMILES string of the molecule is CCOc1cccc(CO)c1OCCCc1ccccc1. The van der Waals surface area contributed by atoms with Crippen molar-refractivity contribution in [3.63, 3.8) is 0 Å². The molecule has 112 valence electrons. The van der Waals surface area contributed by atoms with Crippen LogP contribution in [0.3, 0.4) is 0 Å². The molecule has 21 heavy (non-hydrogen) atoms. The maximum Gasteiger partial charge on any atom is 0.166 e. The van der Waals surface area contributed by atoms with Crippen LogP contribution in [-0.2, 0) is 13.0 Å². The third-order valence-corrected chi connectivity index (χ3v) is 3.23. The predicted octanol–water partition coefficient (Wildman–Crippen LogP) is 3.59. The lowest BCUT2D eigenvalue weighted by Crippen LogP contribution is -2.04. The van der Waals surface area contributed by atoms with Crippen molar-refractivity contribution in [2.45, 2.75) is 26.4 Å². The van der Waals surface area contributed by atoms with Gasteiger partial charge in [-0.05, 0) is 31.4 Å². The molecule has 0 unspecified atom stereocenters. The molecule has 2 aromatic rings. The second kappa shape index (κ2) is 8.32. The lowest BCUT2D eigenvalue weighted by Gasteiger charge is -2.15. The summed E-state index contributed by atoms with van der Waals surface area (Å²) < 4.78 is 11.4. The zero-order valence-corrected chi connectivity index (χ0v) is 12.4. The van der Waals surface area contributed by atoms with Gasteiger partial charge < -0.3 is 14.6 Å². The summed E-state index contributed by atoms with van der Waals surface area (Å²) in [6.07, 6.45) is 1.90. The monoisotopic (exact) mass is 286 g/mol. The highest BCUT2D eigenvalue weighted by molar-refractivity contribution is 5.46. The van der Waals surface area contributed by atoms with Crippen LogP contribution in [0.4, 0.5) is 0 Å². The molecule has 0 saturated carbocycles. The molecule has 0 atom stereocenters. The predicted molar refractivity (Wildman–Crippen MR) is 83.8 cm³/mol. The van der Waals surface area contributed by atoms with Crippen LogP contribution in [-0.4, -0.2) is 18.3 Å². The minimum atomic E-state index is -0.0467. The summed E-state index contributed by atoms with van der Waals surface area (Å²) in [5.74, 6) is 1.36. The van der Waals surface area contributed by atoms with Gasteiger partial charge in [0.2, 0.25) is 0 Å². The maximum absolute atomic E-state index is 9.41. The molecule has 0 bridgehead atoms. The van der Waals surface area contributed by atoms with E-state index in [1.165, 1.54) is 5.56 Å². The van der Waals surface area contributed by atoms with Crippen LogP contribution in [0.2, 0.25) is 0 Å². The van der Waals surface area contributed by atoms with E-state index in [1.54, 1.807) is 0 Å². The summed E-state index contributed by atoms with van der Waals surface area (Å²) in [6, 6.07) is 15.9. The Balaban J connectivity index is 1.92. The van der Waals surface area contributed by atoms with Crippen LogP contribution in [0.1, 0.15) is 24.5 Å². The van der Waals surface area contributed by atoms with Crippen molar-refractivity contribution in [2.24, 2.45) is 0 Å². The van der Waals surface area contributed by atoms with Gasteiger partial charge in [0.1, 0.15) is 0 Å². The van der Waals surface area contributed by atoms with Crippen LogP contribution in [0.5, 0.6) is 11.5 Å². The molecule has 0 aliphatic heterocycles. The Morgan fingerprint density at radius 1 is 0.952 bits per heavy atom. The Morgan fingerprint density at radius 2 is 1.76 bits per heavy atom. The van der Waals surface area contributed by atoms with Crippen LogP contribution >= 0.6 is 0 Å². The second-order valence-electron chi connectivity index (χ2n) is 4.77. The number of hydrogen-bond acceptors (Lipinski definition) is 3. The molecule has 0 aromatic heterocycles. The molecular formula is C18H22O3. The first kappa shape index (κ1) is 15.4. The van der Waals surface area contributed by atoms with Crippen molar-refractivity contribution in [1.29, 1.82) is 0 Å². The molecule has 0 aliphatic carbocycles. The number of ether oxygens (including phenoxy) is 2. The van der Waals surface area contributed by atoms with Gasteiger partial charge in [0.25, 0.3) is 0 Å². The van der Waals surface area contributed by atoms with Gasteiger partial charge in [-0.3, -0.25) is 0 Å². The molecule has 0 radical (unpaired) electrons. The molecule has 0 spiro atoms. The molecule has 0 fully saturated rings. The number of benzene rings is 2. The highest BCUT2D eigenvalue weighted by Gasteiger charge is 2.10. The molecule has 3 heteroatoms. The third kappa shape index (κ3) is 4.50. The van der Waals surface area contributed by atoms with Gasteiger partial charge in [0.15, 0.2) is 11.5 Å². The Labute approximate surface area is 126 Å². The van der Waals surface area contributed by atoms with Crippen LogP contribution in [0.15, 0.2) is 48.5 Å². The summed E-state index contributed by atoms with van der Waals surface area (Å²) in [6.45, 7) is 3.07. The van der Waals surface area contributed by atoms with Crippen molar-refractivity contribution in [1.82, 2.24) is 0 Å². The van der Waals surface area contributed by atoms with E-state index < -0.39 is 0 Å². The van der Waals surface area contributed by atoms with E-state index in [2.05, 4.69) is 12.1 Å². The van der Waals surface area contributed by atoms with E-state index in [0.29, 0.717) is 24.7 Å². The second-order valence-corrected chi connectivity index (χ2v) is 4.77. The summed E-state index contributed by atoms with van der Waals surface area (Å²) in [5, 5.41) is 9.41. The summed E-state index contributed by atoms with van der Waals surface area (Å²) in [4.78, 5) is 0. The normalized spacial score (nSPS) is 10.4. The van der Waals surface area contributed by atoms with Crippen molar-refractivity contribution in [3.8, 4) is 11.5 Å². The zero-order chi connectivity index (χ0) is 14.9. The first-order valence-corrected chi connectivity index (χ1v) is 7.37. The Kier molecular flexibility index (Phi) is 6.10. The zero-order valence-electron chi connectivity index (χ0n) is 12.4. The molecule has 3 nitrogen and oxygen atoms in total. The lowest BCUT2D eigenvalue weighted by molar-refractivity contribution is 0.246. The van der Waals surface area contributed by atoms with Gasteiger partial charge in [-0.25, -0.2) is 0 Å². The van der Waals surface area contributed by atoms with Gasteiger partial charge in [0, 0.05) is 5.56 Å². The topological polar surface area (TPSA) is 38.7 Å². The van der Waals surface area contributed by atoms with Gasteiger partial charge in [-0.1, -0.05) is 42.5 Å². The first-order chi connectivity index (χ1) is 10.3. The largest absolute Gasteiger partial charge is 0.490 e. The lowest BCUT2D eigenvalue weighted by atomic mass is 10.1. The maximum atomic E-state index is 9.41. The fourth-order valence-corrected chi connectivity index (χ4v) is 2.21. The van der Waals surface area contributed by atoms with Crippen LogP contribution in [0, 0.1) is 0 Å². The quantitative estimate of drug-likeness (QED) is 0.754. The number of aliphatic hydroxyl groups is 1. The smallest absolute Gasteiger partial charge is 0.166 e. The first-order valence-electron chi connectivity index (χ1n) is 7.37. The van der Waals surface area contributed by atoms with E-state index in [1.807, 2.05) is 43.3 Å². The number of hydrogen-bond donors (Lipinski definition) is 1. The Morgan fingerprint density at radius 3 is 2.48 bits per heavy atom. The molecule has 0 saturated heterocycles. The van der Waals surface area contributed by atoms with Gasteiger partial charge in [-0.15, -0.1) is 0 Å². The average Bonchev–Trinajstić information content (AvgIpc) is 2.53. The summed E-state index contributed by atoms with van der Waals surface area (Å²) >= 11 is 0. The van der Waals surface area contributed by atoms with E-state index in [0.717, 1.165) is 18.4 Å². The van der Waals surface area contributed by atoms with Gasteiger partial charge in [0.05, 0.1) is 19.8 Å². The molecule has 0 amide bonds. The highest BCUT2D eigenvalue weighted by atomic mass is 16.5. The molecule has 0 heterocycles. The minimum Gasteiger partial charge on any atom is -0.490 e. The fourth-order valence-electron chi connectivity index (χ4n) is 2.21. The third-order valence-electron chi connectivity index (χ3n) is 3.23. The summed E-state index contributed by atoms with van der Waals surface area (Å²) in [7, 11) is 0.